The third kappa shape index (κ3) is 4.71. The van der Waals surface area contributed by atoms with Crippen LogP contribution in [0.25, 0.3) is 5.52 Å². The molecule has 1 aliphatic rings. The number of fused-ring (bicyclic) bond motifs is 1. The zero-order chi connectivity index (χ0) is 26.2. The van der Waals surface area contributed by atoms with Crippen LogP contribution in [0.5, 0.6) is 11.5 Å². The van der Waals surface area contributed by atoms with Crippen molar-refractivity contribution in [2.75, 3.05) is 33.0 Å². The van der Waals surface area contributed by atoms with Crippen molar-refractivity contribution in [3.63, 3.8) is 0 Å². The number of nitrogens with two attached hydrogens (primary N) is 1. The van der Waals surface area contributed by atoms with Crippen LogP contribution in [0.3, 0.4) is 0 Å². The lowest BCUT2D eigenvalue weighted by Gasteiger charge is -2.24. The third-order valence-electron chi connectivity index (χ3n) is 5.76. The van der Waals surface area contributed by atoms with Gasteiger partial charge < -0.3 is 24.8 Å². The molecule has 2 aromatic heterocycles. The highest BCUT2D eigenvalue weighted by Crippen LogP contribution is 2.33. The van der Waals surface area contributed by atoms with E-state index in [-0.39, 0.29) is 23.2 Å². The van der Waals surface area contributed by atoms with Crippen LogP contribution in [0, 0.1) is 23.5 Å². The monoisotopic (exact) mass is 499 g/mol. The van der Waals surface area contributed by atoms with E-state index in [9.17, 15) is 13.6 Å². The summed E-state index contributed by atoms with van der Waals surface area (Å²) in [6.45, 7) is 6.36. The fourth-order valence-corrected chi connectivity index (χ4v) is 4.10. The van der Waals surface area contributed by atoms with Gasteiger partial charge in [0.1, 0.15) is 23.0 Å². The van der Waals surface area contributed by atoms with E-state index < -0.39 is 28.9 Å². The van der Waals surface area contributed by atoms with Gasteiger partial charge in [-0.1, -0.05) is 11.8 Å². The van der Waals surface area contributed by atoms with Crippen molar-refractivity contribution in [2.45, 2.75) is 38.7 Å². The van der Waals surface area contributed by atoms with Gasteiger partial charge in [0, 0.05) is 30.8 Å². The number of nitrogens with zero attached hydrogens (tertiary/aromatic N) is 4. The molecule has 3 aromatic rings. The van der Waals surface area contributed by atoms with E-state index in [4.69, 9.17) is 19.9 Å². The summed E-state index contributed by atoms with van der Waals surface area (Å²) >= 11 is 0. The number of amides is 1. The highest BCUT2D eigenvalue weighted by molar-refractivity contribution is 5.76. The van der Waals surface area contributed by atoms with Gasteiger partial charge in [0.15, 0.2) is 29.0 Å². The number of carbonyl (C=O) groups excluding carboxylic acids is 1. The van der Waals surface area contributed by atoms with E-state index >= 15 is 0 Å². The maximum absolute atomic E-state index is 14.8. The molecule has 190 valence electrons. The van der Waals surface area contributed by atoms with Crippen LogP contribution in [0.15, 0.2) is 18.5 Å². The Morgan fingerprint density at radius 3 is 2.42 bits per heavy atom. The second kappa shape index (κ2) is 9.53. The van der Waals surface area contributed by atoms with Gasteiger partial charge in [-0.2, -0.15) is 5.10 Å². The number of hydrogen-bond donors (Lipinski definition) is 1. The molecule has 11 heteroatoms. The molecule has 0 aliphatic carbocycles. The topological polar surface area (TPSA) is 104 Å². The molecule has 36 heavy (non-hydrogen) atoms. The summed E-state index contributed by atoms with van der Waals surface area (Å²) < 4.78 is 46.7. The van der Waals surface area contributed by atoms with E-state index in [2.05, 4.69) is 21.9 Å². The zero-order valence-corrected chi connectivity index (χ0v) is 20.7. The highest BCUT2D eigenvalue weighted by Gasteiger charge is 2.33. The molecular formula is C25H27F2N5O4. The molecule has 9 nitrogen and oxygen atoms in total. The number of carbonyl (C=O) groups is 1. The first-order valence-corrected chi connectivity index (χ1v) is 11.3. The van der Waals surface area contributed by atoms with Crippen LogP contribution in [0.1, 0.15) is 49.9 Å². The first-order chi connectivity index (χ1) is 17.0. The van der Waals surface area contributed by atoms with Crippen LogP contribution in [-0.4, -0.2) is 58.5 Å². The van der Waals surface area contributed by atoms with Crippen LogP contribution in [-0.2, 0) is 4.74 Å². The van der Waals surface area contributed by atoms with E-state index in [0.29, 0.717) is 30.6 Å². The number of likely N-dealkylation sites (tertiary alicyclic amines) is 1. The predicted molar refractivity (Wildman–Crippen MR) is 128 cm³/mol. The molecule has 4 rings (SSSR count). The molecule has 1 aliphatic heterocycles. The van der Waals surface area contributed by atoms with Gasteiger partial charge in [0.2, 0.25) is 0 Å². The average molecular weight is 500 g/mol. The minimum absolute atomic E-state index is 0.0831. The Balaban J connectivity index is 1.74. The van der Waals surface area contributed by atoms with Crippen molar-refractivity contribution in [2.24, 2.45) is 0 Å². The number of ether oxygens (including phenoxy) is 3. The lowest BCUT2D eigenvalue weighted by molar-refractivity contribution is 0.0292. The molecule has 1 saturated heterocycles. The van der Waals surface area contributed by atoms with Crippen molar-refractivity contribution in [1.82, 2.24) is 19.5 Å². The minimum Gasteiger partial charge on any atom is -0.493 e. The molecule has 1 atom stereocenters. The summed E-state index contributed by atoms with van der Waals surface area (Å²) in [6, 6.07) is 2.87. The SMILES string of the molecule is COc1cc(OC)c(F)c(C#Cc2cc(C3CCN(C(=O)OC(C)(C)C)C3)n3ncnc(N)c23)c1F. The molecule has 1 aromatic carbocycles. The van der Waals surface area contributed by atoms with Gasteiger partial charge in [0.05, 0.1) is 19.8 Å². The average Bonchev–Trinajstić information content (AvgIpc) is 3.44. The Labute approximate surface area is 207 Å². The fraction of sp³-hybridized carbons (Fsp3) is 0.400. The maximum Gasteiger partial charge on any atom is 0.410 e. The normalized spacial score (nSPS) is 15.5. The Hall–Kier alpha value is -4.07. The van der Waals surface area contributed by atoms with E-state index in [0.717, 1.165) is 11.8 Å². The molecule has 1 unspecified atom stereocenters. The smallest absolute Gasteiger partial charge is 0.410 e. The number of methoxy groups -OCH3 is 2. The summed E-state index contributed by atoms with van der Waals surface area (Å²) in [6.07, 6.45) is 1.59. The number of rotatable bonds is 3. The van der Waals surface area contributed by atoms with Gasteiger partial charge in [0.25, 0.3) is 0 Å². The number of nitrogen functional groups attached to an aromatic ring is 1. The third-order valence-corrected chi connectivity index (χ3v) is 5.76. The first kappa shape index (κ1) is 25.0. The van der Waals surface area contributed by atoms with Crippen LogP contribution in [0.2, 0.25) is 0 Å². The lowest BCUT2D eigenvalue weighted by atomic mass is 10.0. The molecule has 0 saturated carbocycles. The van der Waals surface area contributed by atoms with E-state index in [1.807, 2.05) is 20.8 Å². The molecule has 2 N–H and O–H groups in total. The van der Waals surface area contributed by atoms with Crippen molar-refractivity contribution >= 4 is 17.4 Å². The lowest BCUT2D eigenvalue weighted by Crippen LogP contribution is -2.35. The van der Waals surface area contributed by atoms with Crippen molar-refractivity contribution in [3.05, 3.63) is 46.9 Å². The van der Waals surface area contributed by atoms with Crippen molar-refractivity contribution < 1.29 is 27.8 Å². The van der Waals surface area contributed by atoms with E-state index in [1.54, 1.807) is 15.5 Å². The molecule has 0 radical (unpaired) electrons. The van der Waals surface area contributed by atoms with Gasteiger partial charge in [-0.15, -0.1) is 0 Å². The standard InChI is InChI=1S/C25H27F2N5O4/c1-25(2,3)36-24(33)31-9-8-15(12-31)17-10-14(22-23(28)29-13-30-32(17)22)6-7-16-20(26)18(34-4)11-19(35-5)21(16)27/h10-11,13,15H,8-9,12H2,1-5H3,(H2,28,29,30). The summed E-state index contributed by atoms with van der Waals surface area (Å²) in [4.78, 5) is 18.2. The number of anilines is 1. The van der Waals surface area contributed by atoms with Crippen LogP contribution in [0.4, 0.5) is 19.4 Å². The van der Waals surface area contributed by atoms with Crippen molar-refractivity contribution in [1.29, 1.82) is 0 Å². The van der Waals surface area contributed by atoms with Gasteiger partial charge in [-0.3, -0.25) is 0 Å². The maximum atomic E-state index is 14.8. The van der Waals surface area contributed by atoms with Gasteiger partial charge in [-0.05, 0) is 33.3 Å². The van der Waals surface area contributed by atoms with E-state index in [1.165, 1.54) is 20.5 Å². The highest BCUT2D eigenvalue weighted by atomic mass is 19.1. The number of halogens is 2. The summed E-state index contributed by atoms with van der Waals surface area (Å²) in [5, 5.41) is 4.32. The quantitative estimate of drug-likeness (QED) is 0.548. The molecular weight excluding hydrogens is 472 g/mol. The Morgan fingerprint density at radius 2 is 1.81 bits per heavy atom. The predicted octanol–water partition coefficient (Wildman–Crippen LogP) is 3.73. The second-order valence-corrected chi connectivity index (χ2v) is 9.33. The fourth-order valence-electron chi connectivity index (χ4n) is 4.10. The molecule has 0 bridgehead atoms. The Bertz CT molecular complexity index is 1360. The molecule has 0 spiro atoms. The second-order valence-electron chi connectivity index (χ2n) is 9.33. The zero-order valence-electron chi connectivity index (χ0n) is 20.7. The largest absolute Gasteiger partial charge is 0.493 e. The summed E-state index contributed by atoms with van der Waals surface area (Å²) in [5.41, 5.74) is 6.56. The van der Waals surface area contributed by atoms with Gasteiger partial charge in [-0.25, -0.2) is 23.1 Å². The first-order valence-electron chi connectivity index (χ1n) is 11.3. The molecule has 3 heterocycles. The van der Waals surface area contributed by atoms with Crippen molar-refractivity contribution in [3.8, 4) is 23.3 Å². The molecule has 1 amide bonds. The van der Waals surface area contributed by atoms with Crippen LogP contribution >= 0.6 is 0 Å². The van der Waals surface area contributed by atoms with Crippen LogP contribution < -0.4 is 15.2 Å². The Morgan fingerprint density at radius 1 is 1.14 bits per heavy atom. The number of benzene rings is 1. The summed E-state index contributed by atoms with van der Waals surface area (Å²) in [7, 11) is 2.53. The minimum atomic E-state index is -0.944. The number of hydrogen-bond acceptors (Lipinski definition) is 7. The molecule has 1 fully saturated rings. The Kier molecular flexibility index (Phi) is 6.63. The number of aromatic nitrogens is 3. The van der Waals surface area contributed by atoms with Gasteiger partial charge >= 0.3 is 6.09 Å². The summed E-state index contributed by atoms with van der Waals surface area (Å²) in [5.74, 6) is 3.16.